The van der Waals surface area contributed by atoms with E-state index in [9.17, 15) is 0 Å². The van der Waals surface area contributed by atoms with Crippen LogP contribution in [0.5, 0.6) is 0 Å². The van der Waals surface area contributed by atoms with Crippen LogP contribution in [-0.4, -0.2) is 26.2 Å². The van der Waals surface area contributed by atoms with Crippen LogP contribution in [0.3, 0.4) is 0 Å². The van der Waals surface area contributed by atoms with Gasteiger partial charge in [-0.3, -0.25) is 0 Å². The molecule has 0 bridgehead atoms. The zero-order chi connectivity index (χ0) is 16.6. The van der Waals surface area contributed by atoms with E-state index < -0.39 is 0 Å². The summed E-state index contributed by atoms with van der Waals surface area (Å²) in [4.78, 5) is 2.47. The Morgan fingerprint density at radius 1 is 0.750 bits per heavy atom. The molecular formula is C20H28N4. The highest BCUT2D eigenvalue weighted by Gasteiger charge is 2.11. The maximum atomic E-state index is 5.69. The SMILES string of the molecule is Nc1ccc(CNCCNCc2ccc(N3CCCC3)cc2)cc1. The Bertz CT molecular complexity index is 601. The summed E-state index contributed by atoms with van der Waals surface area (Å²) in [7, 11) is 0. The summed E-state index contributed by atoms with van der Waals surface area (Å²) >= 11 is 0. The molecule has 0 spiro atoms. The van der Waals surface area contributed by atoms with E-state index in [0.29, 0.717) is 0 Å². The largest absolute Gasteiger partial charge is 0.399 e. The molecule has 4 heteroatoms. The summed E-state index contributed by atoms with van der Waals surface area (Å²) in [5.41, 5.74) is 10.5. The molecule has 1 saturated heterocycles. The summed E-state index contributed by atoms with van der Waals surface area (Å²) < 4.78 is 0. The Balaban J connectivity index is 1.31. The highest BCUT2D eigenvalue weighted by atomic mass is 15.1. The predicted molar refractivity (Wildman–Crippen MR) is 102 cm³/mol. The number of hydrogen-bond acceptors (Lipinski definition) is 4. The predicted octanol–water partition coefficient (Wildman–Crippen LogP) is 2.75. The van der Waals surface area contributed by atoms with Gasteiger partial charge < -0.3 is 21.3 Å². The van der Waals surface area contributed by atoms with Crippen LogP contribution in [-0.2, 0) is 13.1 Å². The van der Waals surface area contributed by atoms with Gasteiger partial charge in [0.2, 0.25) is 0 Å². The molecule has 0 atom stereocenters. The second kappa shape index (κ2) is 8.71. The van der Waals surface area contributed by atoms with E-state index in [-0.39, 0.29) is 0 Å². The van der Waals surface area contributed by atoms with E-state index >= 15 is 0 Å². The molecule has 0 aliphatic carbocycles. The van der Waals surface area contributed by atoms with Crippen molar-refractivity contribution >= 4 is 11.4 Å². The minimum atomic E-state index is 0.816. The Labute approximate surface area is 145 Å². The first kappa shape index (κ1) is 16.8. The van der Waals surface area contributed by atoms with Crippen LogP contribution in [0.4, 0.5) is 11.4 Å². The summed E-state index contributed by atoms with van der Waals surface area (Å²) in [5.74, 6) is 0. The van der Waals surface area contributed by atoms with E-state index in [1.165, 1.54) is 42.7 Å². The summed E-state index contributed by atoms with van der Waals surface area (Å²) in [6.45, 7) is 6.13. The van der Waals surface area contributed by atoms with Crippen molar-refractivity contribution in [1.29, 1.82) is 0 Å². The topological polar surface area (TPSA) is 53.3 Å². The fourth-order valence-electron chi connectivity index (χ4n) is 3.08. The fraction of sp³-hybridized carbons (Fsp3) is 0.400. The molecule has 0 radical (unpaired) electrons. The Hall–Kier alpha value is -2.04. The molecule has 4 N–H and O–H groups in total. The maximum absolute atomic E-state index is 5.69. The van der Waals surface area contributed by atoms with Crippen molar-refractivity contribution < 1.29 is 0 Å². The van der Waals surface area contributed by atoms with Crippen molar-refractivity contribution in [3.05, 3.63) is 59.7 Å². The number of benzene rings is 2. The Morgan fingerprint density at radius 3 is 1.79 bits per heavy atom. The molecule has 3 rings (SSSR count). The van der Waals surface area contributed by atoms with E-state index in [4.69, 9.17) is 5.73 Å². The maximum Gasteiger partial charge on any atom is 0.0366 e. The zero-order valence-corrected chi connectivity index (χ0v) is 14.3. The van der Waals surface area contributed by atoms with Gasteiger partial charge in [0, 0.05) is 50.6 Å². The van der Waals surface area contributed by atoms with Crippen LogP contribution < -0.4 is 21.3 Å². The monoisotopic (exact) mass is 324 g/mol. The van der Waals surface area contributed by atoms with Gasteiger partial charge in [-0.25, -0.2) is 0 Å². The molecule has 24 heavy (non-hydrogen) atoms. The average molecular weight is 324 g/mol. The van der Waals surface area contributed by atoms with Crippen LogP contribution in [0.25, 0.3) is 0 Å². The first-order valence-corrected chi connectivity index (χ1v) is 8.91. The van der Waals surface area contributed by atoms with E-state index in [0.717, 1.165) is 31.9 Å². The number of anilines is 2. The van der Waals surface area contributed by atoms with Gasteiger partial charge >= 0.3 is 0 Å². The standard InChI is InChI=1S/C20H28N4/c21-19-7-3-17(4-8-19)15-22-11-12-23-16-18-5-9-20(10-6-18)24-13-1-2-14-24/h3-10,22-23H,1-2,11-16,21H2. The average Bonchev–Trinajstić information content (AvgIpc) is 3.15. The third-order valence-corrected chi connectivity index (χ3v) is 4.52. The van der Waals surface area contributed by atoms with Crippen molar-refractivity contribution in [2.24, 2.45) is 0 Å². The van der Waals surface area contributed by atoms with E-state index in [1.807, 2.05) is 12.1 Å². The number of rotatable bonds is 8. The van der Waals surface area contributed by atoms with E-state index in [1.54, 1.807) is 0 Å². The lowest BCUT2D eigenvalue weighted by Gasteiger charge is -2.17. The molecule has 128 valence electrons. The van der Waals surface area contributed by atoms with Crippen molar-refractivity contribution in [2.45, 2.75) is 25.9 Å². The van der Waals surface area contributed by atoms with Crippen LogP contribution >= 0.6 is 0 Å². The second-order valence-electron chi connectivity index (χ2n) is 6.46. The number of nitrogens with one attached hydrogen (secondary N) is 2. The van der Waals surface area contributed by atoms with Gasteiger partial charge in [-0.15, -0.1) is 0 Å². The molecule has 2 aromatic rings. The molecule has 0 saturated carbocycles. The molecule has 1 aliphatic heterocycles. The highest BCUT2D eigenvalue weighted by molar-refractivity contribution is 5.48. The van der Waals surface area contributed by atoms with Crippen LogP contribution in [0.15, 0.2) is 48.5 Å². The van der Waals surface area contributed by atoms with Crippen LogP contribution in [0.2, 0.25) is 0 Å². The molecule has 1 aliphatic rings. The highest BCUT2D eigenvalue weighted by Crippen LogP contribution is 2.20. The molecule has 0 amide bonds. The van der Waals surface area contributed by atoms with Crippen LogP contribution in [0, 0.1) is 0 Å². The minimum absolute atomic E-state index is 0.816. The summed E-state index contributed by atoms with van der Waals surface area (Å²) in [6, 6.07) is 17.0. The van der Waals surface area contributed by atoms with Crippen molar-refractivity contribution in [3.63, 3.8) is 0 Å². The lowest BCUT2D eigenvalue weighted by molar-refractivity contribution is 0.611. The van der Waals surface area contributed by atoms with Crippen molar-refractivity contribution in [3.8, 4) is 0 Å². The first-order valence-electron chi connectivity index (χ1n) is 8.91. The normalized spacial score (nSPS) is 14.2. The minimum Gasteiger partial charge on any atom is -0.399 e. The fourth-order valence-corrected chi connectivity index (χ4v) is 3.08. The second-order valence-corrected chi connectivity index (χ2v) is 6.46. The number of nitrogens with two attached hydrogens (primary N) is 1. The molecule has 1 heterocycles. The van der Waals surface area contributed by atoms with Gasteiger partial charge in [-0.05, 0) is 48.2 Å². The van der Waals surface area contributed by atoms with Gasteiger partial charge in [-0.2, -0.15) is 0 Å². The molecule has 0 unspecified atom stereocenters. The van der Waals surface area contributed by atoms with Gasteiger partial charge in [0.15, 0.2) is 0 Å². The molecule has 4 nitrogen and oxygen atoms in total. The van der Waals surface area contributed by atoms with Crippen LogP contribution in [0.1, 0.15) is 24.0 Å². The smallest absolute Gasteiger partial charge is 0.0366 e. The lowest BCUT2D eigenvalue weighted by Crippen LogP contribution is -2.26. The Kier molecular flexibility index (Phi) is 6.10. The number of hydrogen-bond donors (Lipinski definition) is 3. The third kappa shape index (κ3) is 4.98. The van der Waals surface area contributed by atoms with Gasteiger partial charge in [0.25, 0.3) is 0 Å². The molecule has 1 fully saturated rings. The van der Waals surface area contributed by atoms with Gasteiger partial charge in [0.05, 0.1) is 0 Å². The molecule has 2 aromatic carbocycles. The summed E-state index contributed by atoms with van der Waals surface area (Å²) in [6.07, 6.45) is 2.65. The number of nitrogen functional groups attached to an aromatic ring is 1. The van der Waals surface area contributed by atoms with E-state index in [2.05, 4.69) is 51.9 Å². The van der Waals surface area contributed by atoms with Crippen molar-refractivity contribution in [1.82, 2.24) is 10.6 Å². The lowest BCUT2D eigenvalue weighted by atomic mass is 10.2. The zero-order valence-electron chi connectivity index (χ0n) is 14.3. The van der Waals surface area contributed by atoms with Gasteiger partial charge in [0.1, 0.15) is 0 Å². The van der Waals surface area contributed by atoms with Gasteiger partial charge in [-0.1, -0.05) is 24.3 Å². The third-order valence-electron chi connectivity index (χ3n) is 4.52. The Morgan fingerprint density at radius 2 is 1.25 bits per heavy atom. The molecule has 0 aromatic heterocycles. The summed E-state index contributed by atoms with van der Waals surface area (Å²) in [5, 5.41) is 6.93. The molecular weight excluding hydrogens is 296 g/mol. The number of nitrogens with zero attached hydrogens (tertiary/aromatic N) is 1. The van der Waals surface area contributed by atoms with Crippen molar-refractivity contribution in [2.75, 3.05) is 36.8 Å². The quantitative estimate of drug-likeness (QED) is 0.516. The first-order chi connectivity index (χ1) is 11.8.